The lowest BCUT2D eigenvalue weighted by Crippen LogP contribution is -2.25. The van der Waals surface area contributed by atoms with Gasteiger partial charge in [-0.05, 0) is 43.2 Å². The molecule has 24 heavy (non-hydrogen) atoms. The van der Waals surface area contributed by atoms with E-state index in [1.165, 1.54) is 25.7 Å². The molecule has 1 aliphatic rings. The maximum Gasteiger partial charge on any atom is 0.200 e. The Hall–Kier alpha value is -2.63. The van der Waals surface area contributed by atoms with Crippen molar-refractivity contribution in [2.45, 2.75) is 25.7 Å². The van der Waals surface area contributed by atoms with Crippen LogP contribution in [0.3, 0.4) is 0 Å². The minimum atomic E-state index is 0.828. The van der Waals surface area contributed by atoms with Crippen LogP contribution in [0.2, 0.25) is 0 Å². The fraction of sp³-hybridized carbons (Fsp3) is 0.389. The van der Waals surface area contributed by atoms with E-state index in [0.29, 0.717) is 0 Å². The number of hydrogen-bond acceptors (Lipinski definition) is 5. The van der Waals surface area contributed by atoms with E-state index in [2.05, 4.69) is 26.3 Å². The first-order valence-electron chi connectivity index (χ1n) is 8.45. The van der Waals surface area contributed by atoms with Crippen molar-refractivity contribution in [2.75, 3.05) is 25.1 Å². The van der Waals surface area contributed by atoms with Gasteiger partial charge in [-0.3, -0.25) is 0 Å². The topological polar surface area (TPSA) is 55.5 Å². The average molecular weight is 323 g/mol. The van der Waals surface area contributed by atoms with Crippen LogP contribution in [0.15, 0.2) is 36.7 Å². The lowest BCUT2D eigenvalue weighted by Gasteiger charge is -2.23. The molecule has 0 amide bonds. The molecule has 1 aliphatic heterocycles. The molecule has 1 saturated heterocycles. The summed E-state index contributed by atoms with van der Waals surface area (Å²) in [4.78, 5) is 2.42. The van der Waals surface area contributed by atoms with E-state index in [1.54, 1.807) is 18.0 Å². The Bertz CT molecular complexity index is 819. The van der Waals surface area contributed by atoms with Crippen molar-refractivity contribution in [3.63, 3.8) is 0 Å². The van der Waals surface area contributed by atoms with Crippen molar-refractivity contribution in [3.05, 3.63) is 36.7 Å². The minimum Gasteiger partial charge on any atom is -0.497 e. The standard InChI is InChI=1S/C18H21N5O/c1-24-15-8-6-14(7-9-15)16-12-17(18-20-19-13-23(18)21-16)22-10-4-2-3-5-11-22/h6-9,12-13H,2-5,10-11H2,1H3. The van der Waals surface area contributed by atoms with Crippen molar-refractivity contribution in [2.24, 2.45) is 0 Å². The van der Waals surface area contributed by atoms with Crippen LogP contribution in [0.4, 0.5) is 5.69 Å². The van der Waals surface area contributed by atoms with Crippen molar-refractivity contribution in [1.29, 1.82) is 0 Å². The molecule has 0 spiro atoms. The highest BCUT2D eigenvalue weighted by Crippen LogP contribution is 2.28. The largest absolute Gasteiger partial charge is 0.497 e. The zero-order chi connectivity index (χ0) is 16.4. The van der Waals surface area contributed by atoms with Gasteiger partial charge in [0.25, 0.3) is 0 Å². The number of rotatable bonds is 3. The summed E-state index contributed by atoms with van der Waals surface area (Å²) < 4.78 is 7.02. The van der Waals surface area contributed by atoms with Crippen LogP contribution in [0.5, 0.6) is 5.75 Å². The highest BCUT2D eigenvalue weighted by Gasteiger charge is 2.17. The summed E-state index contributed by atoms with van der Waals surface area (Å²) in [7, 11) is 1.67. The second kappa shape index (κ2) is 6.47. The Balaban J connectivity index is 1.78. The number of aromatic nitrogens is 4. The van der Waals surface area contributed by atoms with Gasteiger partial charge in [0.05, 0.1) is 18.5 Å². The molecule has 1 aromatic carbocycles. The van der Waals surface area contributed by atoms with Gasteiger partial charge in [0.15, 0.2) is 0 Å². The second-order valence-electron chi connectivity index (χ2n) is 6.14. The molecule has 0 unspecified atom stereocenters. The lowest BCUT2D eigenvalue weighted by molar-refractivity contribution is 0.415. The zero-order valence-corrected chi connectivity index (χ0v) is 13.9. The fourth-order valence-electron chi connectivity index (χ4n) is 3.26. The summed E-state index contributed by atoms with van der Waals surface area (Å²) in [6.45, 7) is 2.13. The number of anilines is 1. The predicted octanol–water partition coefficient (Wildman–Crippen LogP) is 3.18. The van der Waals surface area contributed by atoms with Crippen LogP contribution < -0.4 is 9.64 Å². The number of ether oxygens (including phenoxy) is 1. The molecule has 0 atom stereocenters. The molecule has 3 heterocycles. The van der Waals surface area contributed by atoms with Gasteiger partial charge in [-0.25, -0.2) is 0 Å². The fourth-order valence-corrected chi connectivity index (χ4v) is 3.26. The maximum atomic E-state index is 5.24. The van der Waals surface area contributed by atoms with E-state index in [0.717, 1.165) is 41.4 Å². The Morgan fingerprint density at radius 2 is 1.75 bits per heavy atom. The smallest absolute Gasteiger partial charge is 0.200 e. The molecule has 0 radical (unpaired) electrons. The highest BCUT2D eigenvalue weighted by atomic mass is 16.5. The average Bonchev–Trinajstić information content (AvgIpc) is 2.94. The first-order chi connectivity index (χ1) is 11.8. The first-order valence-corrected chi connectivity index (χ1v) is 8.45. The first kappa shape index (κ1) is 14.9. The summed E-state index contributed by atoms with van der Waals surface area (Å²) >= 11 is 0. The maximum absolute atomic E-state index is 5.24. The van der Waals surface area contributed by atoms with Gasteiger partial charge in [-0.2, -0.15) is 9.61 Å². The Morgan fingerprint density at radius 1 is 1.00 bits per heavy atom. The van der Waals surface area contributed by atoms with E-state index in [1.807, 2.05) is 24.3 Å². The number of fused-ring (bicyclic) bond motifs is 1. The summed E-state index contributed by atoms with van der Waals surface area (Å²) in [5.41, 5.74) is 3.93. The van der Waals surface area contributed by atoms with Crippen molar-refractivity contribution in [1.82, 2.24) is 19.8 Å². The van der Waals surface area contributed by atoms with Crippen LogP contribution in [-0.2, 0) is 0 Å². The third-order valence-corrected chi connectivity index (χ3v) is 4.58. The molecule has 6 heteroatoms. The van der Waals surface area contributed by atoms with Gasteiger partial charge in [-0.15, -0.1) is 10.2 Å². The summed E-state index contributed by atoms with van der Waals surface area (Å²) in [6, 6.07) is 10.1. The van der Waals surface area contributed by atoms with Crippen molar-refractivity contribution in [3.8, 4) is 17.0 Å². The summed E-state index contributed by atoms with van der Waals surface area (Å²) in [5, 5.41) is 13.0. The summed E-state index contributed by atoms with van der Waals surface area (Å²) in [5.74, 6) is 0.844. The molecular weight excluding hydrogens is 302 g/mol. The van der Waals surface area contributed by atoms with Gasteiger partial charge < -0.3 is 9.64 Å². The molecule has 0 N–H and O–H groups in total. The van der Waals surface area contributed by atoms with E-state index < -0.39 is 0 Å². The van der Waals surface area contributed by atoms with Gasteiger partial charge in [0.1, 0.15) is 12.1 Å². The lowest BCUT2D eigenvalue weighted by atomic mass is 10.1. The van der Waals surface area contributed by atoms with Crippen molar-refractivity contribution >= 4 is 11.3 Å². The number of benzene rings is 1. The highest BCUT2D eigenvalue weighted by molar-refractivity contribution is 5.74. The monoisotopic (exact) mass is 323 g/mol. The van der Waals surface area contributed by atoms with Crippen LogP contribution in [-0.4, -0.2) is 40.0 Å². The van der Waals surface area contributed by atoms with E-state index >= 15 is 0 Å². The Morgan fingerprint density at radius 3 is 2.46 bits per heavy atom. The van der Waals surface area contributed by atoms with Crippen molar-refractivity contribution < 1.29 is 4.74 Å². The normalized spacial score (nSPS) is 15.5. The molecule has 4 rings (SSSR count). The van der Waals surface area contributed by atoms with Crippen LogP contribution >= 0.6 is 0 Å². The number of nitrogens with zero attached hydrogens (tertiary/aromatic N) is 5. The van der Waals surface area contributed by atoms with E-state index in [9.17, 15) is 0 Å². The molecule has 0 aliphatic carbocycles. The van der Waals surface area contributed by atoms with Gasteiger partial charge in [-0.1, -0.05) is 12.8 Å². The Kier molecular flexibility index (Phi) is 4.02. The molecule has 0 saturated carbocycles. The SMILES string of the molecule is COc1ccc(-c2cc(N3CCCCCC3)c3nncn3n2)cc1. The molecule has 124 valence electrons. The van der Waals surface area contributed by atoms with Gasteiger partial charge in [0, 0.05) is 18.7 Å². The number of hydrogen-bond donors (Lipinski definition) is 0. The van der Waals surface area contributed by atoms with E-state index in [4.69, 9.17) is 4.74 Å². The zero-order valence-electron chi connectivity index (χ0n) is 13.9. The quantitative estimate of drug-likeness (QED) is 0.741. The van der Waals surface area contributed by atoms with Crippen LogP contribution in [0.1, 0.15) is 25.7 Å². The van der Waals surface area contributed by atoms with Crippen LogP contribution in [0, 0.1) is 0 Å². The third-order valence-electron chi connectivity index (χ3n) is 4.58. The van der Waals surface area contributed by atoms with Gasteiger partial charge >= 0.3 is 0 Å². The minimum absolute atomic E-state index is 0.828. The third kappa shape index (κ3) is 2.79. The molecule has 6 nitrogen and oxygen atoms in total. The van der Waals surface area contributed by atoms with Gasteiger partial charge in [0.2, 0.25) is 5.65 Å². The molecular formula is C18H21N5O. The summed E-state index contributed by atoms with van der Waals surface area (Å²) in [6.07, 6.45) is 6.72. The molecule has 1 fully saturated rings. The van der Waals surface area contributed by atoms with E-state index in [-0.39, 0.29) is 0 Å². The number of methoxy groups -OCH3 is 1. The molecule has 0 bridgehead atoms. The Labute approximate surface area is 141 Å². The predicted molar refractivity (Wildman–Crippen MR) is 93.5 cm³/mol. The molecule has 3 aromatic rings. The second-order valence-corrected chi connectivity index (χ2v) is 6.14. The molecule has 2 aromatic heterocycles. The van der Waals surface area contributed by atoms with Crippen LogP contribution in [0.25, 0.3) is 16.9 Å².